The molecule has 0 radical (unpaired) electrons. The lowest BCUT2D eigenvalue weighted by molar-refractivity contribution is -0.123. The first kappa shape index (κ1) is 21.6. The summed E-state index contributed by atoms with van der Waals surface area (Å²) in [5, 5.41) is 3.33. The van der Waals surface area contributed by atoms with E-state index in [0.717, 1.165) is 17.7 Å². The van der Waals surface area contributed by atoms with Crippen LogP contribution in [0.4, 0.5) is 0 Å². The zero-order valence-electron chi connectivity index (χ0n) is 17.0. The summed E-state index contributed by atoms with van der Waals surface area (Å²) in [6.07, 6.45) is 7.47. The van der Waals surface area contributed by atoms with E-state index in [4.69, 9.17) is 11.6 Å². The van der Waals surface area contributed by atoms with Gasteiger partial charge in [-0.1, -0.05) is 48.7 Å². The van der Waals surface area contributed by atoms with Gasteiger partial charge in [-0.05, 0) is 48.2 Å². The van der Waals surface area contributed by atoms with E-state index in [0.29, 0.717) is 30.7 Å². The Hall–Kier alpha value is -2.64. The molecule has 0 bridgehead atoms. The summed E-state index contributed by atoms with van der Waals surface area (Å²) < 4.78 is 27.4. The fourth-order valence-corrected chi connectivity index (χ4v) is 6.31. The number of rotatable bonds is 7. The molecular weight excluding hydrogens is 434 g/mol. The Labute approximate surface area is 187 Å². The molecule has 31 heavy (non-hydrogen) atoms. The van der Waals surface area contributed by atoms with Crippen molar-refractivity contribution < 1.29 is 13.2 Å². The molecule has 1 saturated carbocycles. The van der Waals surface area contributed by atoms with Crippen molar-refractivity contribution in [2.45, 2.75) is 48.4 Å². The van der Waals surface area contributed by atoms with Crippen LogP contribution in [0.15, 0.2) is 72.1 Å². The van der Waals surface area contributed by atoms with Crippen LogP contribution in [0, 0.1) is 0 Å². The highest BCUT2D eigenvalue weighted by atomic mass is 35.5. The van der Waals surface area contributed by atoms with Gasteiger partial charge in [0.15, 0.2) is 14.6 Å². The van der Waals surface area contributed by atoms with Gasteiger partial charge in [-0.3, -0.25) is 4.79 Å². The zero-order valence-corrected chi connectivity index (χ0v) is 18.6. The van der Waals surface area contributed by atoms with Gasteiger partial charge in [0.25, 0.3) is 0 Å². The maximum atomic E-state index is 13.4. The molecule has 6 nitrogen and oxygen atoms in total. The Morgan fingerprint density at radius 2 is 1.68 bits per heavy atom. The SMILES string of the molecule is O=C(NCc1ccc(Cn2ccnc2)cc1)C1(S(=O)(=O)c2ccc(Cl)cc2)CCCC1. The third-order valence-electron chi connectivity index (χ3n) is 5.86. The Balaban J connectivity index is 1.47. The Kier molecular flexibility index (Phi) is 6.16. The molecule has 0 unspecified atom stereocenters. The molecule has 1 aliphatic carbocycles. The van der Waals surface area contributed by atoms with E-state index in [-0.39, 0.29) is 11.4 Å². The number of sulfone groups is 1. The van der Waals surface area contributed by atoms with Gasteiger partial charge in [0.1, 0.15) is 0 Å². The first-order valence-corrected chi connectivity index (χ1v) is 12.1. The van der Waals surface area contributed by atoms with Crippen molar-refractivity contribution in [2.24, 2.45) is 0 Å². The summed E-state index contributed by atoms with van der Waals surface area (Å²) in [7, 11) is -3.84. The van der Waals surface area contributed by atoms with E-state index >= 15 is 0 Å². The van der Waals surface area contributed by atoms with Crippen molar-refractivity contribution in [3.63, 3.8) is 0 Å². The molecule has 0 atom stereocenters. The second kappa shape index (κ2) is 8.85. The van der Waals surface area contributed by atoms with Crippen molar-refractivity contribution in [3.8, 4) is 0 Å². The molecule has 1 aromatic heterocycles. The van der Waals surface area contributed by atoms with Gasteiger partial charge in [-0.25, -0.2) is 13.4 Å². The quantitative estimate of drug-likeness (QED) is 0.581. The Bertz CT molecular complexity index is 1140. The summed E-state index contributed by atoms with van der Waals surface area (Å²) in [5.74, 6) is -0.428. The number of hydrogen-bond acceptors (Lipinski definition) is 4. The smallest absolute Gasteiger partial charge is 0.242 e. The molecular formula is C23H24ClN3O3S. The average molecular weight is 458 g/mol. The highest BCUT2D eigenvalue weighted by molar-refractivity contribution is 7.93. The number of halogens is 1. The van der Waals surface area contributed by atoms with Crippen LogP contribution in [0.3, 0.4) is 0 Å². The van der Waals surface area contributed by atoms with Crippen LogP contribution in [-0.4, -0.2) is 28.6 Å². The van der Waals surface area contributed by atoms with E-state index in [1.165, 1.54) is 12.1 Å². The van der Waals surface area contributed by atoms with Crippen LogP contribution in [0.2, 0.25) is 5.02 Å². The average Bonchev–Trinajstić information content (AvgIpc) is 3.46. The van der Waals surface area contributed by atoms with Crippen LogP contribution in [-0.2, 0) is 27.7 Å². The molecule has 1 aliphatic rings. The number of carbonyl (C=O) groups is 1. The third-order valence-corrected chi connectivity index (χ3v) is 8.63. The van der Waals surface area contributed by atoms with E-state index in [2.05, 4.69) is 10.3 Å². The van der Waals surface area contributed by atoms with Crippen LogP contribution < -0.4 is 5.32 Å². The van der Waals surface area contributed by atoms with Crippen molar-refractivity contribution >= 4 is 27.3 Å². The highest BCUT2D eigenvalue weighted by Gasteiger charge is 2.52. The minimum absolute atomic E-state index is 0.137. The van der Waals surface area contributed by atoms with Crippen molar-refractivity contribution in [1.82, 2.24) is 14.9 Å². The molecule has 8 heteroatoms. The topological polar surface area (TPSA) is 81.1 Å². The van der Waals surface area contributed by atoms with E-state index < -0.39 is 20.5 Å². The van der Waals surface area contributed by atoms with Crippen molar-refractivity contribution in [2.75, 3.05) is 0 Å². The first-order valence-electron chi connectivity index (χ1n) is 10.2. The van der Waals surface area contributed by atoms with Gasteiger partial charge >= 0.3 is 0 Å². The monoisotopic (exact) mass is 457 g/mol. The number of imidazole rings is 1. The maximum Gasteiger partial charge on any atom is 0.242 e. The summed E-state index contributed by atoms with van der Waals surface area (Å²) in [6, 6.07) is 13.9. The summed E-state index contributed by atoms with van der Waals surface area (Å²) in [5.41, 5.74) is 2.03. The van der Waals surface area contributed by atoms with Gasteiger partial charge in [-0.2, -0.15) is 0 Å². The number of benzene rings is 2. The van der Waals surface area contributed by atoms with Gasteiger partial charge < -0.3 is 9.88 Å². The van der Waals surface area contributed by atoms with Gasteiger partial charge in [0, 0.05) is 30.5 Å². The predicted octanol–water partition coefficient (Wildman–Crippen LogP) is 3.99. The fourth-order valence-electron chi connectivity index (χ4n) is 4.10. The lowest BCUT2D eigenvalue weighted by Crippen LogP contribution is -2.50. The van der Waals surface area contributed by atoms with Crippen molar-refractivity contribution in [1.29, 1.82) is 0 Å². The second-order valence-corrected chi connectivity index (χ2v) is 10.6. The number of carbonyl (C=O) groups excluding carboxylic acids is 1. The molecule has 0 saturated heterocycles. The molecule has 1 amide bonds. The van der Waals surface area contributed by atoms with Crippen LogP contribution in [0.25, 0.3) is 0 Å². The van der Waals surface area contributed by atoms with E-state index in [1.54, 1.807) is 24.7 Å². The standard InChI is InChI=1S/C23H24ClN3O3S/c24-20-7-9-21(10-8-20)31(29,30)23(11-1-2-12-23)22(28)26-15-18-3-5-19(6-4-18)16-27-14-13-25-17-27/h3-10,13-14,17H,1-2,11-12,15-16H2,(H,26,28). The Morgan fingerprint density at radius 3 is 2.29 bits per heavy atom. The van der Waals surface area contributed by atoms with Gasteiger partial charge in [0.05, 0.1) is 11.2 Å². The number of hydrogen-bond donors (Lipinski definition) is 1. The molecule has 0 spiro atoms. The number of amides is 1. The molecule has 1 N–H and O–H groups in total. The molecule has 0 aliphatic heterocycles. The highest BCUT2D eigenvalue weighted by Crippen LogP contribution is 2.41. The molecule has 1 heterocycles. The van der Waals surface area contributed by atoms with Gasteiger partial charge in [-0.15, -0.1) is 0 Å². The van der Waals surface area contributed by atoms with E-state index in [9.17, 15) is 13.2 Å². The van der Waals surface area contributed by atoms with E-state index in [1.807, 2.05) is 35.0 Å². The van der Waals surface area contributed by atoms with Crippen LogP contribution in [0.5, 0.6) is 0 Å². The largest absolute Gasteiger partial charge is 0.351 e. The molecule has 1 fully saturated rings. The number of aromatic nitrogens is 2. The summed E-state index contributed by atoms with van der Waals surface area (Å²) >= 11 is 5.91. The van der Waals surface area contributed by atoms with Gasteiger partial charge in [0.2, 0.25) is 5.91 Å². The van der Waals surface area contributed by atoms with Crippen LogP contribution in [0.1, 0.15) is 36.8 Å². The summed E-state index contributed by atoms with van der Waals surface area (Å²) in [6.45, 7) is 0.997. The molecule has 3 aromatic rings. The second-order valence-electron chi connectivity index (χ2n) is 7.89. The Morgan fingerprint density at radius 1 is 1.03 bits per heavy atom. The minimum atomic E-state index is -3.84. The third kappa shape index (κ3) is 4.38. The number of nitrogens with zero attached hydrogens (tertiary/aromatic N) is 2. The normalized spacial score (nSPS) is 15.6. The molecule has 2 aromatic carbocycles. The lowest BCUT2D eigenvalue weighted by atomic mass is 10.1. The zero-order chi connectivity index (χ0) is 21.9. The molecule has 162 valence electrons. The first-order chi connectivity index (χ1) is 14.9. The van der Waals surface area contributed by atoms with Crippen LogP contribution >= 0.6 is 11.6 Å². The number of nitrogens with one attached hydrogen (secondary N) is 1. The fraction of sp³-hybridized carbons (Fsp3) is 0.304. The predicted molar refractivity (Wildman–Crippen MR) is 119 cm³/mol. The molecule has 4 rings (SSSR count). The minimum Gasteiger partial charge on any atom is -0.351 e. The maximum absolute atomic E-state index is 13.4. The summed E-state index contributed by atoms with van der Waals surface area (Å²) in [4.78, 5) is 17.4. The lowest BCUT2D eigenvalue weighted by Gasteiger charge is -2.27. The van der Waals surface area contributed by atoms with Crippen molar-refractivity contribution in [3.05, 3.63) is 83.4 Å².